The lowest BCUT2D eigenvalue weighted by molar-refractivity contribution is -0.485. The van der Waals surface area contributed by atoms with Gasteiger partial charge < -0.3 is 4.74 Å². The Morgan fingerprint density at radius 3 is 1.04 bits per heavy atom. The number of alkyl halides is 22. The van der Waals surface area contributed by atoms with Crippen molar-refractivity contribution in [2.75, 3.05) is 40.1 Å². The minimum Gasteiger partial charge on any atom is -0.304 e. The highest BCUT2D eigenvalue weighted by molar-refractivity contribution is 4.65. The van der Waals surface area contributed by atoms with Crippen LogP contribution < -0.4 is 0 Å². The highest BCUT2D eigenvalue weighted by atomic mass is 19.4. The standard InChI is InChI=1S/C4H2F8O2.C3H2F6O.C3H4F3N3.C2H2F4.CH2F2O.CH2FN3/c5-2(6,7)1-13-3(8,9)4(10,11)14-12;4-2(5,6)1-10-3(7,8)9;4-3(5,6)1-2-8-9-7;3-1-2(4,5)6;2-1-4-3;2-1-4-5-3/h1H2;1H2;1-2H2;1H2;1H2;1H2. The molecule has 0 aromatic carbocycles. The van der Waals surface area contributed by atoms with Crippen LogP contribution in [-0.2, 0) is 19.4 Å². The summed E-state index contributed by atoms with van der Waals surface area (Å²) >= 11 is 0. The Morgan fingerprint density at radius 1 is 0.521 bits per heavy atom. The predicted molar refractivity (Wildman–Crippen MR) is 102 cm³/mol. The lowest BCUT2D eigenvalue weighted by Crippen LogP contribution is -2.45. The van der Waals surface area contributed by atoms with E-state index in [1.807, 2.05) is 0 Å². The molecule has 0 atom stereocenters. The van der Waals surface area contributed by atoms with Gasteiger partial charge in [-0.15, -0.1) is 18.1 Å². The second-order valence-corrected chi connectivity index (χ2v) is 6.00. The third-order valence-electron chi connectivity index (χ3n) is 2.12. The molecule has 0 heterocycles. The van der Waals surface area contributed by atoms with Crippen LogP contribution in [0.2, 0.25) is 0 Å². The average Bonchev–Trinajstić information content (AvgIpc) is 2.91. The largest absolute Gasteiger partial charge is 0.522 e. The number of hydrogen-bond acceptors (Lipinski definition) is 6. The van der Waals surface area contributed by atoms with Crippen molar-refractivity contribution in [3.8, 4) is 0 Å². The van der Waals surface area contributed by atoms with Crippen molar-refractivity contribution in [1.29, 1.82) is 0 Å². The van der Waals surface area contributed by atoms with Crippen LogP contribution in [0, 0.1) is 0 Å². The van der Waals surface area contributed by atoms with E-state index in [1.165, 1.54) is 4.94 Å². The Hall–Kier alpha value is -3.22. The summed E-state index contributed by atoms with van der Waals surface area (Å²) in [5.41, 5.74) is 14.8. The van der Waals surface area contributed by atoms with E-state index in [1.54, 1.807) is 0 Å². The molecule has 0 aliphatic rings. The van der Waals surface area contributed by atoms with Crippen molar-refractivity contribution in [2.45, 2.75) is 49.7 Å². The summed E-state index contributed by atoms with van der Waals surface area (Å²) in [5, 5.41) is 5.20. The molecule has 10 nitrogen and oxygen atoms in total. The summed E-state index contributed by atoms with van der Waals surface area (Å²) in [6.45, 7) is -9.99. The van der Waals surface area contributed by atoms with Crippen molar-refractivity contribution in [1.82, 2.24) is 0 Å². The Morgan fingerprint density at radius 2 is 0.875 bits per heavy atom. The van der Waals surface area contributed by atoms with Crippen LogP contribution in [0.25, 0.3) is 20.9 Å². The van der Waals surface area contributed by atoms with Crippen LogP contribution in [0.5, 0.6) is 0 Å². The number of halogens is 24. The van der Waals surface area contributed by atoms with Crippen molar-refractivity contribution >= 4 is 0 Å². The summed E-state index contributed by atoms with van der Waals surface area (Å²) in [4.78, 5) is 8.13. The van der Waals surface area contributed by atoms with E-state index >= 15 is 0 Å². The van der Waals surface area contributed by atoms with Gasteiger partial charge in [-0.05, 0) is 20.1 Å². The SMILES string of the molecule is FC(F)(F)COC(F)(F)F.FCC(F)(F)F.FCOF.FOC(F)(F)C(F)(F)OCC(F)(F)F.[N-]=[N+]=NCCC(F)(F)F.[N-]=[N+]=NCF. The minimum atomic E-state index is -5.77. The van der Waals surface area contributed by atoms with Gasteiger partial charge in [0, 0.05) is 22.8 Å². The van der Waals surface area contributed by atoms with Crippen LogP contribution in [-0.4, -0.2) is 83.4 Å². The Balaban J connectivity index is -0.000000116. The third-order valence-corrected chi connectivity index (χ3v) is 2.12. The fourth-order valence-electron chi connectivity index (χ4n) is 0.710. The number of azide groups is 2. The highest BCUT2D eigenvalue weighted by Gasteiger charge is 2.62. The molecule has 0 N–H and O–H groups in total. The molecule has 0 saturated heterocycles. The van der Waals surface area contributed by atoms with Gasteiger partial charge >= 0.3 is 43.3 Å². The zero-order valence-corrected chi connectivity index (χ0v) is 21.8. The summed E-state index contributed by atoms with van der Waals surface area (Å²) in [6, 6.07) is 0. The van der Waals surface area contributed by atoms with Gasteiger partial charge in [-0.3, -0.25) is 4.74 Å². The van der Waals surface area contributed by atoms with Gasteiger partial charge in [0.1, 0.15) is 6.61 Å². The Bertz CT molecular complexity index is 833. The molecule has 34 heteroatoms. The third kappa shape index (κ3) is 61.7. The van der Waals surface area contributed by atoms with E-state index in [0.29, 0.717) is 0 Å². The van der Waals surface area contributed by atoms with Gasteiger partial charge in [-0.2, -0.15) is 75.2 Å². The van der Waals surface area contributed by atoms with Gasteiger partial charge in [-0.25, -0.2) is 13.2 Å². The first-order valence-corrected chi connectivity index (χ1v) is 9.78. The summed E-state index contributed by atoms with van der Waals surface area (Å²) in [7, 11) is 0. The van der Waals surface area contributed by atoms with E-state index < -0.39 is 89.8 Å². The first-order chi connectivity index (χ1) is 21.2. The van der Waals surface area contributed by atoms with Crippen molar-refractivity contribution in [3.63, 3.8) is 0 Å². The topological polar surface area (TPSA) is 134 Å². The number of ether oxygens (including phenoxy) is 2. The van der Waals surface area contributed by atoms with Crippen LogP contribution in [0.4, 0.5) is 106 Å². The van der Waals surface area contributed by atoms with Crippen LogP contribution >= 0.6 is 0 Å². The molecule has 0 saturated carbocycles. The molecule has 0 radical (unpaired) electrons. The zero-order valence-electron chi connectivity index (χ0n) is 21.8. The number of nitrogens with zero attached hydrogens (tertiary/aromatic N) is 6. The van der Waals surface area contributed by atoms with Crippen LogP contribution in [0.15, 0.2) is 10.2 Å². The minimum absolute atomic E-state index is 0.514. The van der Waals surface area contributed by atoms with E-state index in [9.17, 15) is 106 Å². The molecule has 0 aliphatic heterocycles. The van der Waals surface area contributed by atoms with E-state index in [-0.39, 0.29) is 0 Å². The second-order valence-electron chi connectivity index (χ2n) is 6.00. The maximum Gasteiger partial charge on any atom is 0.522 e. The number of rotatable bonds is 9. The summed E-state index contributed by atoms with van der Waals surface area (Å²) in [6.07, 6.45) is -36.7. The van der Waals surface area contributed by atoms with E-state index in [2.05, 4.69) is 34.5 Å². The first-order valence-electron chi connectivity index (χ1n) is 9.78. The maximum absolute atomic E-state index is 11.9. The molecule has 0 fully saturated rings. The molecule has 0 unspecified atom stereocenters. The fourth-order valence-corrected chi connectivity index (χ4v) is 0.710. The molecule has 0 aliphatic carbocycles. The monoisotopic (exact) mass is 786 g/mol. The van der Waals surface area contributed by atoms with Gasteiger partial charge in [0.15, 0.2) is 20.1 Å². The molecule has 0 aromatic heterocycles. The molecule has 0 spiro atoms. The van der Waals surface area contributed by atoms with Gasteiger partial charge in [-0.1, -0.05) is 10.2 Å². The fraction of sp³-hybridized carbons (Fsp3) is 1.00. The highest BCUT2D eigenvalue weighted by Crippen LogP contribution is 2.37. The quantitative estimate of drug-likeness (QED) is 0.0756. The predicted octanol–water partition coefficient (Wildman–Crippen LogP) is 10.5. The molecule has 292 valence electrons. The molecule has 48 heavy (non-hydrogen) atoms. The van der Waals surface area contributed by atoms with Gasteiger partial charge in [0.25, 0.3) is 0 Å². The lowest BCUT2D eigenvalue weighted by Gasteiger charge is -2.22. The number of hydrogen-bond donors (Lipinski definition) is 0. The molecule has 0 aromatic rings. The van der Waals surface area contributed by atoms with Gasteiger partial charge in [0.2, 0.25) is 6.86 Å². The summed E-state index contributed by atoms with van der Waals surface area (Å²) in [5.74, 6) is 0. The van der Waals surface area contributed by atoms with Crippen LogP contribution in [0.1, 0.15) is 6.42 Å². The summed E-state index contributed by atoms with van der Waals surface area (Å²) < 4.78 is 268. The van der Waals surface area contributed by atoms with E-state index in [0.717, 1.165) is 0 Å². The maximum atomic E-state index is 11.9. The molecular weight excluding hydrogens is 772 g/mol. The second kappa shape index (κ2) is 27.7. The van der Waals surface area contributed by atoms with Crippen molar-refractivity contribution in [2.24, 2.45) is 10.2 Å². The smallest absolute Gasteiger partial charge is 0.304 e. The average molecular weight is 786 g/mol. The van der Waals surface area contributed by atoms with Gasteiger partial charge in [0.05, 0.1) is 0 Å². The Kier molecular flexibility index (Phi) is 32.9. The molecule has 0 bridgehead atoms. The first kappa shape index (κ1) is 57.1. The Labute approximate surface area is 247 Å². The van der Waals surface area contributed by atoms with Crippen molar-refractivity contribution in [3.05, 3.63) is 20.9 Å². The van der Waals surface area contributed by atoms with Crippen LogP contribution in [0.3, 0.4) is 0 Å². The lowest BCUT2D eigenvalue weighted by atomic mass is 10.4. The zero-order chi connectivity index (χ0) is 40.1. The normalized spacial score (nSPS) is 11.8. The van der Waals surface area contributed by atoms with Crippen molar-refractivity contribution < 1.29 is 125 Å². The van der Waals surface area contributed by atoms with E-state index in [4.69, 9.17) is 11.1 Å². The molecule has 0 rings (SSSR count). The molecule has 0 amide bonds. The molecular formula is C14H14F24N6O4.